The van der Waals surface area contributed by atoms with E-state index < -0.39 is 0 Å². The molecule has 0 radical (unpaired) electrons. The molecule has 0 aliphatic heterocycles. The van der Waals surface area contributed by atoms with E-state index in [2.05, 4.69) is 20.6 Å². The van der Waals surface area contributed by atoms with Gasteiger partial charge >= 0.3 is 0 Å². The summed E-state index contributed by atoms with van der Waals surface area (Å²) >= 11 is 0. The summed E-state index contributed by atoms with van der Waals surface area (Å²) in [6.07, 6.45) is 1.44. The van der Waals surface area contributed by atoms with Crippen LogP contribution in [-0.2, 0) is 0 Å². The van der Waals surface area contributed by atoms with Gasteiger partial charge in [0.15, 0.2) is 11.6 Å². The molecule has 0 aliphatic carbocycles. The Hall–Kier alpha value is -3.48. The first-order valence-corrected chi connectivity index (χ1v) is 7.63. The molecule has 3 aromatic rings. The number of rotatable bonds is 6. The molecule has 0 fully saturated rings. The van der Waals surface area contributed by atoms with Crippen LogP contribution in [0.5, 0.6) is 11.5 Å². The highest BCUT2D eigenvalue weighted by Crippen LogP contribution is 2.34. The molecule has 0 saturated carbocycles. The van der Waals surface area contributed by atoms with Gasteiger partial charge in [-0.15, -0.1) is 0 Å². The highest BCUT2D eigenvalue weighted by atomic mass is 16.5. The molecule has 2 aromatic carbocycles. The zero-order chi connectivity index (χ0) is 17.6. The predicted molar refractivity (Wildman–Crippen MR) is 99.0 cm³/mol. The summed E-state index contributed by atoms with van der Waals surface area (Å²) in [7, 11) is 3.20. The molecular weight excluding hydrogens is 318 g/mol. The standard InChI is InChI=1S/C18H19N5O2/c1-24-13-8-9-15(25-2)14(10-13)23-18-16(19)17(20-11-21-18)22-12-6-4-3-5-7-12/h3-11H,19H2,1-2H3,(H2,20,21,22,23). The summed E-state index contributed by atoms with van der Waals surface area (Å²) in [6.45, 7) is 0. The van der Waals surface area contributed by atoms with Crippen molar-refractivity contribution in [2.45, 2.75) is 0 Å². The lowest BCUT2D eigenvalue weighted by atomic mass is 10.2. The van der Waals surface area contributed by atoms with E-state index in [0.717, 1.165) is 5.69 Å². The van der Waals surface area contributed by atoms with Crippen molar-refractivity contribution in [1.29, 1.82) is 0 Å². The van der Waals surface area contributed by atoms with Crippen LogP contribution in [0.1, 0.15) is 0 Å². The predicted octanol–water partition coefficient (Wildman–Crippen LogP) is 3.56. The third-order valence-electron chi connectivity index (χ3n) is 3.58. The van der Waals surface area contributed by atoms with Crippen LogP contribution in [0.15, 0.2) is 54.9 Å². The van der Waals surface area contributed by atoms with E-state index in [1.54, 1.807) is 14.2 Å². The molecule has 128 valence electrons. The molecule has 7 heteroatoms. The fourth-order valence-electron chi connectivity index (χ4n) is 2.29. The number of nitrogens with zero attached hydrogens (tertiary/aromatic N) is 2. The van der Waals surface area contributed by atoms with E-state index in [1.165, 1.54) is 6.33 Å². The van der Waals surface area contributed by atoms with Crippen molar-refractivity contribution in [2.24, 2.45) is 0 Å². The number of methoxy groups -OCH3 is 2. The Morgan fingerprint density at radius 2 is 1.60 bits per heavy atom. The number of benzene rings is 2. The third-order valence-corrected chi connectivity index (χ3v) is 3.58. The van der Waals surface area contributed by atoms with Gasteiger partial charge in [-0.1, -0.05) is 18.2 Å². The lowest BCUT2D eigenvalue weighted by molar-refractivity contribution is 0.405. The van der Waals surface area contributed by atoms with Crippen LogP contribution in [0.4, 0.5) is 28.7 Å². The molecule has 0 unspecified atom stereocenters. The Labute approximate surface area is 145 Å². The summed E-state index contributed by atoms with van der Waals surface area (Å²) < 4.78 is 10.6. The molecule has 1 aromatic heterocycles. The second-order valence-electron chi connectivity index (χ2n) is 5.17. The molecule has 0 amide bonds. The molecule has 0 spiro atoms. The largest absolute Gasteiger partial charge is 0.497 e. The number of hydrogen-bond acceptors (Lipinski definition) is 7. The summed E-state index contributed by atoms with van der Waals surface area (Å²) in [5.74, 6) is 2.33. The molecule has 1 heterocycles. The average Bonchev–Trinajstić information content (AvgIpc) is 2.65. The number of hydrogen-bond donors (Lipinski definition) is 3. The molecule has 3 rings (SSSR count). The highest BCUT2D eigenvalue weighted by Gasteiger charge is 2.12. The number of nitrogens with two attached hydrogens (primary N) is 1. The van der Waals surface area contributed by atoms with Gasteiger partial charge in [0, 0.05) is 11.8 Å². The Bertz CT molecular complexity index is 855. The van der Waals surface area contributed by atoms with E-state index in [9.17, 15) is 0 Å². The summed E-state index contributed by atoms with van der Waals surface area (Å²) in [5.41, 5.74) is 8.20. The monoisotopic (exact) mass is 337 g/mol. The van der Waals surface area contributed by atoms with Gasteiger partial charge in [-0.2, -0.15) is 0 Å². The van der Waals surface area contributed by atoms with Crippen molar-refractivity contribution >= 4 is 28.7 Å². The second kappa shape index (κ2) is 7.39. The van der Waals surface area contributed by atoms with Crippen molar-refractivity contribution in [1.82, 2.24) is 9.97 Å². The van der Waals surface area contributed by atoms with Crippen LogP contribution >= 0.6 is 0 Å². The number of aromatic nitrogens is 2. The Morgan fingerprint density at radius 1 is 0.880 bits per heavy atom. The number of nitrogens with one attached hydrogen (secondary N) is 2. The van der Waals surface area contributed by atoms with Gasteiger partial charge in [-0.05, 0) is 24.3 Å². The quantitative estimate of drug-likeness (QED) is 0.633. The van der Waals surface area contributed by atoms with Crippen molar-refractivity contribution in [3.05, 3.63) is 54.9 Å². The van der Waals surface area contributed by atoms with Crippen molar-refractivity contribution in [2.75, 3.05) is 30.6 Å². The van der Waals surface area contributed by atoms with Gasteiger partial charge < -0.3 is 25.8 Å². The zero-order valence-corrected chi connectivity index (χ0v) is 14.0. The average molecular weight is 337 g/mol. The minimum Gasteiger partial charge on any atom is -0.497 e. The smallest absolute Gasteiger partial charge is 0.159 e. The van der Waals surface area contributed by atoms with Crippen LogP contribution in [0.3, 0.4) is 0 Å². The molecule has 0 saturated heterocycles. The van der Waals surface area contributed by atoms with Gasteiger partial charge in [-0.25, -0.2) is 9.97 Å². The first kappa shape index (κ1) is 16.4. The summed E-state index contributed by atoms with van der Waals surface area (Å²) in [6, 6.07) is 15.1. The van der Waals surface area contributed by atoms with Crippen molar-refractivity contribution < 1.29 is 9.47 Å². The summed E-state index contributed by atoms with van der Waals surface area (Å²) in [5, 5.41) is 6.35. The second-order valence-corrected chi connectivity index (χ2v) is 5.17. The fraction of sp³-hybridized carbons (Fsp3) is 0.111. The van der Waals surface area contributed by atoms with Gasteiger partial charge in [-0.3, -0.25) is 0 Å². The molecule has 25 heavy (non-hydrogen) atoms. The van der Waals surface area contributed by atoms with Crippen molar-refractivity contribution in [3.63, 3.8) is 0 Å². The van der Waals surface area contributed by atoms with Crippen LogP contribution in [0, 0.1) is 0 Å². The minimum absolute atomic E-state index is 0.399. The van der Waals surface area contributed by atoms with Gasteiger partial charge in [0.1, 0.15) is 23.5 Å². The molecule has 0 aliphatic rings. The number of para-hydroxylation sites is 1. The zero-order valence-electron chi connectivity index (χ0n) is 14.0. The molecule has 4 N–H and O–H groups in total. The Morgan fingerprint density at radius 3 is 2.28 bits per heavy atom. The lowest BCUT2D eigenvalue weighted by Crippen LogP contribution is -2.06. The SMILES string of the molecule is COc1ccc(OC)c(Nc2ncnc(Nc3ccccc3)c2N)c1. The minimum atomic E-state index is 0.399. The number of anilines is 5. The van der Waals surface area contributed by atoms with Crippen LogP contribution in [0.2, 0.25) is 0 Å². The topological polar surface area (TPSA) is 94.3 Å². The van der Waals surface area contributed by atoms with Crippen molar-refractivity contribution in [3.8, 4) is 11.5 Å². The lowest BCUT2D eigenvalue weighted by Gasteiger charge is -2.15. The van der Waals surface area contributed by atoms with E-state index >= 15 is 0 Å². The van der Waals surface area contributed by atoms with Gasteiger partial charge in [0.25, 0.3) is 0 Å². The van der Waals surface area contributed by atoms with Crippen LogP contribution in [-0.4, -0.2) is 24.2 Å². The first-order valence-electron chi connectivity index (χ1n) is 7.63. The Kier molecular flexibility index (Phi) is 4.84. The normalized spacial score (nSPS) is 10.2. The number of ether oxygens (including phenoxy) is 2. The molecule has 7 nitrogen and oxygen atoms in total. The number of nitrogen functional groups attached to an aromatic ring is 1. The van der Waals surface area contributed by atoms with E-state index in [1.807, 2.05) is 48.5 Å². The van der Waals surface area contributed by atoms with E-state index in [4.69, 9.17) is 15.2 Å². The third kappa shape index (κ3) is 3.72. The highest BCUT2D eigenvalue weighted by molar-refractivity contribution is 5.81. The molecule has 0 atom stereocenters. The first-order chi connectivity index (χ1) is 12.2. The van der Waals surface area contributed by atoms with E-state index in [0.29, 0.717) is 34.5 Å². The molecule has 0 bridgehead atoms. The van der Waals surface area contributed by atoms with Gasteiger partial charge in [0.05, 0.1) is 19.9 Å². The maximum atomic E-state index is 6.22. The van der Waals surface area contributed by atoms with E-state index in [-0.39, 0.29) is 0 Å². The maximum absolute atomic E-state index is 6.22. The Balaban J connectivity index is 1.90. The van der Waals surface area contributed by atoms with Crippen LogP contribution < -0.4 is 25.8 Å². The summed E-state index contributed by atoms with van der Waals surface area (Å²) in [4.78, 5) is 8.43. The van der Waals surface area contributed by atoms with Gasteiger partial charge in [0.2, 0.25) is 0 Å². The maximum Gasteiger partial charge on any atom is 0.159 e. The van der Waals surface area contributed by atoms with Crippen LogP contribution in [0.25, 0.3) is 0 Å². The molecular formula is C18H19N5O2. The fourth-order valence-corrected chi connectivity index (χ4v) is 2.29.